The molecule has 2 unspecified atom stereocenters. The van der Waals surface area contributed by atoms with E-state index in [1.165, 1.54) is 14.0 Å². The Labute approximate surface area is 129 Å². The van der Waals surface area contributed by atoms with Crippen molar-refractivity contribution in [1.29, 1.82) is 0 Å². The van der Waals surface area contributed by atoms with Gasteiger partial charge in [-0.15, -0.1) is 0 Å². The van der Waals surface area contributed by atoms with Gasteiger partial charge < -0.3 is 15.2 Å². The fraction of sp³-hybridized carbons (Fsp3) is 0.467. The number of carbonyl (C=O) groups is 2. The molecule has 0 aliphatic rings. The van der Waals surface area contributed by atoms with Gasteiger partial charge >= 0.3 is 5.97 Å². The minimum atomic E-state index is -1.44. The first kappa shape index (κ1) is 17.5. The number of hydrogen-bond acceptors (Lipinski definition) is 3. The Hall–Kier alpha value is -1.59. The molecule has 2 N–H and O–H groups in total. The van der Waals surface area contributed by atoms with Crippen molar-refractivity contribution in [2.75, 3.05) is 13.7 Å². The highest BCUT2D eigenvalue weighted by Crippen LogP contribution is 2.15. The van der Waals surface area contributed by atoms with Crippen LogP contribution in [0.2, 0.25) is 5.02 Å². The van der Waals surface area contributed by atoms with Gasteiger partial charge in [0.05, 0.1) is 6.61 Å². The summed E-state index contributed by atoms with van der Waals surface area (Å²) in [6, 6.07) is 7.24. The molecule has 21 heavy (non-hydrogen) atoms. The standard InChI is InChI=1S/C15H20ClNO4/c1-10(7-11-5-4-6-12(16)8-11)13(18)17-15(2,9-21-3)14(19)20/h4-6,8,10H,7,9H2,1-3H3,(H,17,18)(H,19,20). The molecule has 0 aliphatic heterocycles. The summed E-state index contributed by atoms with van der Waals surface area (Å²) in [5, 5.41) is 12.3. The van der Waals surface area contributed by atoms with E-state index < -0.39 is 11.5 Å². The zero-order valence-electron chi connectivity index (χ0n) is 12.4. The van der Waals surface area contributed by atoms with E-state index in [2.05, 4.69) is 5.32 Å². The van der Waals surface area contributed by atoms with Crippen LogP contribution in [0.25, 0.3) is 0 Å². The highest BCUT2D eigenvalue weighted by atomic mass is 35.5. The Bertz CT molecular complexity index is 520. The second-order valence-corrected chi connectivity index (χ2v) is 5.73. The molecule has 0 bridgehead atoms. The fourth-order valence-corrected chi connectivity index (χ4v) is 2.16. The number of methoxy groups -OCH3 is 1. The first-order valence-corrected chi connectivity index (χ1v) is 6.95. The minimum Gasteiger partial charge on any atom is -0.479 e. The molecule has 0 saturated heterocycles. The Morgan fingerprint density at radius 3 is 2.67 bits per heavy atom. The maximum atomic E-state index is 12.2. The van der Waals surface area contributed by atoms with Gasteiger partial charge in [-0.05, 0) is 31.0 Å². The van der Waals surface area contributed by atoms with Gasteiger partial charge in [0.15, 0.2) is 5.54 Å². The second kappa shape index (κ2) is 7.43. The summed E-state index contributed by atoms with van der Waals surface area (Å²) in [6.07, 6.45) is 0.481. The monoisotopic (exact) mass is 313 g/mol. The Balaban J connectivity index is 2.72. The van der Waals surface area contributed by atoms with Crippen molar-refractivity contribution in [3.8, 4) is 0 Å². The van der Waals surface area contributed by atoms with E-state index in [1.54, 1.807) is 19.1 Å². The van der Waals surface area contributed by atoms with Gasteiger partial charge in [0.1, 0.15) is 0 Å². The summed E-state index contributed by atoms with van der Waals surface area (Å²) in [4.78, 5) is 23.4. The van der Waals surface area contributed by atoms with Gasteiger partial charge in [-0.3, -0.25) is 4.79 Å². The number of rotatable bonds is 7. The first-order chi connectivity index (χ1) is 9.78. The van der Waals surface area contributed by atoms with Crippen LogP contribution in [0.4, 0.5) is 0 Å². The number of nitrogens with one attached hydrogen (secondary N) is 1. The average Bonchev–Trinajstić information content (AvgIpc) is 2.38. The Morgan fingerprint density at radius 1 is 1.48 bits per heavy atom. The van der Waals surface area contributed by atoms with Crippen molar-refractivity contribution >= 4 is 23.5 Å². The van der Waals surface area contributed by atoms with Gasteiger partial charge in [-0.2, -0.15) is 0 Å². The largest absolute Gasteiger partial charge is 0.479 e. The lowest BCUT2D eigenvalue weighted by atomic mass is 9.97. The van der Waals surface area contributed by atoms with E-state index in [4.69, 9.17) is 16.3 Å². The van der Waals surface area contributed by atoms with Crippen LogP contribution in [0.3, 0.4) is 0 Å². The minimum absolute atomic E-state index is 0.0992. The summed E-state index contributed by atoms with van der Waals surface area (Å²) in [7, 11) is 1.39. The van der Waals surface area contributed by atoms with Crippen molar-refractivity contribution < 1.29 is 19.4 Å². The van der Waals surface area contributed by atoms with Crippen LogP contribution >= 0.6 is 11.6 Å². The van der Waals surface area contributed by atoms with Crippen molar-refractivity contribution in [2.24, 2.45) is 5.92 Å². The number of ether oxygens (including phenoxy) is 1. The van der Waals surface area contributed by atoms with Gasteiger partial charge in [0, 0.05) is 18.1 Å². The third-order valence-corrected chi connectivity index (χ3v) is 3.42. The summed E-state index contributed by atoms with van der Waals surface area (Å²) in [5.41, 5.74) is -0.511. The third-order valence-electron chi connectivity index (χ3n) is 3.18. The van der Waals surface area contributed by atoms with Gasteiger partial charge in [-0.25, -0.2) is 4.79 Å². The molecule has 2 atom stereocenters. The van der Waals surface area contributed by atoms with Gasteiger partial charge in [-0.1, -0.05) is 30.7 Å². The SMILES string of the molecule is COCC(C)(NC(=O)C(C)Cc1cccc(Cl)c1)C(=O)O. The molecule has 1 amide bonds. The van der Waals surface area contributed by atoms with Crippen LogP contribution < -0.4 is 5.32 Å². The molecular formula is C15H20ClNO4. The van der Waals surface area contributed by atoms with Crippen molar-refractivity contribution in [2.45, 2.75) is 25.8 Å². The lowest BCUT2D eigenvalue weighted by Crippen LogP contribution is -2.56. The summed E-state index contributed by atoms with van der Waals surface area (Å²) >= 11 is 5.90. The predicted octanol–water partition coefficient (Wildman–Crippen LogP) is 2.12. The average molecular weight is 314 g/mol. The molecule has 116 valence electrons. The van der Waals surface area contributed by atoms with E-state index in [1.807, 2.05) is 12.1 Å². The number of benzene rings is 1. The lowest BCUT2D eigenvalue weighted by Gasteiger charge is -2.27. The molecule has 1 aromatic rings. The number of halogens is 1. The van der Waals surface area contributed by atoms with E-state index in [0.717, 1.165) is 5.56 Å². The molecule has 0 aromatic heterocycles. The van der Waals surface area contributed by atoms with Crippen LogP contribution in [0.5, 0.6) is 0 Å². The molecule has 1 rings (SSSR count). The molecular weight excluding hydrogens is 294 g/mol. The van der Waals surface area contributed by atoms with Gasteiger partial charge in [0.25, 0.3) is 0 Å². The number of amides is 1. The van der Waals surface area contributed by atoms with Crippen LogP contribution in [-0.4, -0.2) is 36.2 Å². The Kier molecular flexibility index (Phi) is 6.18. The maximum absolute atomic E-state index is 12.2. The van der Waals surface area contributed by atoms with E-state index in [0.29, 0.717) is 11.4 Å². The molecule has 6 heteroatoms. The van der Waals surface area contributed by atoms with Crippen molar-refractivity contribution in [3.05, 3.63) is 34.9 Å². The van der Waals surface area contributed by atoms with Crippen molar-refractivity contribution in [3.63, 3.8) is 0 Å². The molecule has 5 nitrogen and oxygen atoms in total. The summed E-state index contributed by atoms with van der Waals surface area (Å²) < 4.78 is 4.87. The van der Waals surface area contributed by atoms with Crippen molar-refractivity contribution in [1.82, 2.24) is 5.32 Å². The van der Waals surface area contributed by atoms with Crippen LogP contribution in [-0.2, 0) is 20.7 Å². The smallest absolute Gasteiger partial charge is 0.331 e. The normalized spacial score (nSPS) is 15.0. The maximum Gasteiger partial charge on any atom is 0.331 e. The fourth-order valence-electron chi connectivity index (χ4n) is 1.95. The summed E-state index contributed by atoms with van der Waals surface area (Å²) in [6.45, 7) is 3.06. The molecule has 0 radical (unpaired) electrons. The number of carbonyl (C=O) groups excluding carboxylic acids is 1. The molecule has 0 aliphatic carbocycles. The number of hydrogen-bond donors (Lipinski definition) is 2. The van der Waals surface area contributed by atoms with Gasteiger partial charge in [0.2, 0.25) is 5.91 Å². The number of carboxylic acids is 1. The molecule has 1 aromatic carbocycles. The van der Waals surface area contributed by atoms with Crippen LogP contribution in [0.15, 0.2) is 24.3 Å². The highest BCUT2D eigenvalue weighted by molar-refractivity contribution is 6.30. The van der Waals surface area contributed by atoms with E-state index >= 15 is 0 Å². The van der Waals surface area contributed by atoms with Crippen LogP contribution in [0, 0.1) is 5.92 Å². The molecule has 0 spiro atoms. The second-order valence-electron chi connectivity index (χ2n) is 5.29. The Morgan fingerprint density at radius 2 is 2.14 bits per heavy atom. The summed E-state index contributed by atoms with van der Waals surface area (Å²) in [5.74, 6) is -1.84. The zero-order chi connectivity index (χ0) is 16.0. The quantitative estimate of drug-likeness (QED) is 0.808. The zero-order valence-corrected chi connectivity index (χ0v) is 13.1. The third kappa shape index (κ3) is 5.02. The molecule has 0 saturated carbocycles. The lowest BCUT2D eigenvalue weighted by molar-refractivity contribution is -0.149. The van der Waals surface area contributed by atoms with Crippen LogP contribution in [0.1, 0.15) is 19.4 Å². The predicted molar refractivity (Wildman–Crippen MR) is 80.4 cm³/mol. The van der Waals surface area contributed by atoms with E-state index in [9.17, 15) is 14.7 Å². The number of carboxylic acid groups (broad SMARTS) is 1. The topological polar surface area (TPSA) is 75.6 Å². The number of aliphatic carboxylic acids is 1. The molecule has 0 heterocycles. The molecule has 0 fully saturated rings. The first-order valence-electron chi connectivity index (χ1n) is 6.57. The highest BCUT2D eigenvalue weighted by Gasteiger charge is 2.36. The van der Waals surface area contributed by atoms with E-state index in [-0.39, 0.29) is 18.4 Å².